The lowest BCUT2D eigenvalue weighted by molar-refractivity contribution is 0.210. The summed E-state index contributed by atoms with van der Waals surface area (Å²) in [4.78, 5) is 19.5. The van der Waals surface area contributed by atoms with Gasteiger partial charge in [0.25, 0.3) is 0 Å². The van der Waals surface area contributed by atoms with Crippen molar-refractivity contribution < 1.29 is 9.90 Å². The van der Waals surface area contributed by atoms with Gasteiger partial charge in [0, 0.05) is 17.7 Å². The molecule has 6 heteroatoms. The first-order valence-electron chi connectivity index (χ1n) is 7.37. The van der Waals surface area contributed by atoms with Gasteiger partial charge in [-0.05, 0) is 17.7 Å². The summed E-state index contributed by atoms with van der Waals surface area (Å²) in [5.41, 5.74) is 9.80. The third kappa shape index (κ3) is 3.67. The van der Waals surface area contributed by atoms with Gasteiger partial charge in [-0.15, -0.1) is 0 Å². The van der Waals surface area contributed by atoms with E-state index >= 15 is 0 Å². The second-order valence-electron chi connectivity index (χ2n) is 5.26. The van der Waals surface area contributed by atoms with E-state index in [2.05, 4.69) is 15.3 Å². The molecule has 0 bridgehead atoms. The standard InChI is InChI=1S/C18H16N4O2/c19-17-15(10-12-4-2-1-3-5-12)22-16(11-20-17)13-6-8-14(9-7-13)21-18(23)24/h1-9,11,21H,10H2,(H2,19,20)(H,23,24). The molecule has 0 spiro atoms. The van der Waals surface area contributed by atoms with Crippen LogP contribution in [0.5, 0.6) is 0 Å². The number of nitrogens with one attached hydrogen (secondary N) is 1. The number of nitrogen functional groups attached to an aromatic ring is 1. The highest BCUT2D eigenvalue weighted by atomic mass is 16.4. The van der Waals surface area contributed by atoms with Crippen molar-refractivity contribution in [1.29, 1.82) is 0 Å². The third-order valence-electron chi connectivity index (χ3n) is 3.52. The Morgan fingerprint density at radius 2 is 1.79 bits per heavy atom. The lowest BCUT2D eigenvalue weighted by Gasteiger charge is -2.08. The molecule has 0 aliphatic carbocycles. The van der Waals surface area contributed by atoms with Crippen LogP contribution in [0.25, 0.3) is 11.3 Å². The lowest BCUT2D eigenvalue weighted by atomic mass is 10.1. The van der Waals surface area contributed by atoms with Crippen LogP contribution in [-0.2, 0) is 6.42 Å². The van der Waals surface area contributed by atoms with Gasteiger partial charge in [-0.2, -0.15) is 0 Å². The number of rotatable bonds is 4. The average Bonchev–Trinajstić information content (AvgIpc) is 2.58. The largest absolute Gasteiger partial charge is 0.465 e. The first-order chi connectivity index (χ1) is 11.6. The molecule has 3 aromatic rings. The van der Waals surface area contributed by atoms with Crippen LogP contribution in [0, 0.1) is 0 Å². The fourth-order valence-electron chi connectivity index (χ4n) is 2.34. The summed E-state index contributed by atoms with van der Waals surface area (Å²) in [5, 5.41) is 11.0. The van der Waals surface area contributed by atoms with E-state index < -0.39 is 6.09 Å². The van der Waals surface area contributed by atoms with Crippen molar-refractivity contribution in [3.8, 4) is 11.3 Å². The molecule has 0 unspecified atom stereocenters. The number of hydrogen-bond donors (Lipinski definition) is 3. The molecule has 0 saturated carbocycles. The molecule has 4 N–H and O–H groups in total. The highest BCUT2D eigenvalue weighted by Crippen LogP contribution is 2.22. The molecule has 0 radical (unpaired) electrons. The van der Waals surface area contributed by atoms with E-state index in [0.717, 1.165) is 11.1 Å². The van der Waals surface area contributed by atoms with Crippen molar-refractivity contribution in [2.45, 2.75) is 6.42 Å². The maximum absolute atomic E-state index is 10.6. The van der Waals surface area contributed by atoms with Gasteiger partial charge < -0.3 is 10.8 Å². The number of amides is 1. The molecule has 0 atom stereocenters. The number of carboxylic acid groups (broad SMARTS) is 1. The highest BCUT2D eigenvalue weighted by molar-refractivity contribution is 5.83. The number of anilines is 2. The molecule has 120 valence electrons. The molecule has 1 heterocycles. The summed E-state index contributed by atoms with van der Waals surface area (Å²) in [6.07, 6.45) is 1.12. The maximum atomic E-state index is 10.6. The number of benzene rings is 2. The van der Waals surface area contributed by atoms with Gasteiger partial charge in [-0.1, -0.05) is 42.5 Å². The van der Waals surface area contributed by atoms with Gasteiger partial charge in [0.15, 0.2) is 0 Å². The minimum absolute atomic E-state index is 0.409. The van der Waals surface area contributed by atoms with Crippen molar-refractivity contribution in [2.75, 3.05) is 11.1 Å². The third-order valence-corrected chi connectivity index (χ3v) is 3.52. The Bertz CT molecular complexity index is 849. The monoisotopic (exact) mass is 320 g/mol. The van der Waals surface area contributed by atoms with Crippen LogP contribution < -0.4 is 11.1 Å². The zero-order valence-corrected chi connectivity index (χ0v) is 12.8. The predicted octanol–water partition coefficient (Wildman–Crippen LogP) is 3.41. The van der Waals surface area contributed by atoms with Crippen molar-refractivity contribution in [3.63, 3.8) is 0 Å². The number of aromatic nitrogens is 2. The van der Waals surface area contributed by atoms with Gasteiger partial charge in [0.2, 0.25) is 0 Å². The first kappa shape index (κ1) is 15.5. The van der Waals surface area contributed by atoms with E-state index in [1.54, 1.807) is 30.5 Å². The van der Waals surface area contributed by atoms with Gasteiger partial charge in [-0.25, -0.2) is 14.8 Å². The van der Waals surface area contributed by atoms with Crippen LogP contribution in [0.3, 0.4) is 0 Å². The van der Waals surface area contributed by atoms with Crippen LogP contribution in [0.15, 0.2) is 60.8 Å². The second kappa shape index (κ2) is 6.78. The Kier molecular flexibility index (Phi) is 4.38. The molecule has 2 aromatic carbocycles. The summed E-state index contributed by atoms with van der Waals surface area (Å²) in [5.74, 6) is 0.409. The normalized spacial score (nSPS) is 10.3. The molecule has 0 saturated heterocycles. The van der Waals surface area contributed by atoms with Gasteiger partial charge in [-0.3, -0.25) is 5.32 Å². The zero-order valence-electron chi connectivity index (χ0n) is 12.8. The molecule has 0 fully saturated rings. The van der Waals surface area contributed by atoms with Crippen LogP contribution in [0.2, 0.25) is 0 Å². The summed E-state index contributed by atoms with van der Waals surface area (Å²) in [6, 6.07) is 16.9. The van der Waals surface area contributed by atoms with Crippen molar-refractivity contribution in [2.24, 2.45) is 0 Å². The minimum Gasteiger partial charge on any atom is -0.465 e. The molecular formula is C18H16N4O2. The second-order valence-corrected chi connectivity index (χ2v) is 5.26. The number of nitrogens with two attached hydrogens (primary N) is 1. The molecule has 24 heavy (non-hydrogen) atoms. The zero-order chi connectivity index (χ0) is 16.9. The van der Waals surface area contributed by atoms with E-state index in [1.165, 1.54) is 0 Å². The summed E-state index contributed by atoms with van der Waals surface area (Å²) in [7, 11) is 0. The lowest BCUT2D eigenvalue weighted by Crippen LogP contribution is -2.07. The predicted molar refractivity (Wildman–Crippen MR) is 92.8 cm³/mol. The van der Waals surface area contributed by atoms with E-state index in [4.69, 9.17) is 10.8 Å². The molecule has 1 aromatic heterocycles. The Morgan fingerprint density at radius 3 is 2.46 bits per heavy atom. The summed E-state index contributed by atoms with van der Waals surface area (Å²) >= 11 is 0. The molecular weight excluding hydrogens is 304 g/mol. The average molecular weight is 320 g/mol. The molecule has 3 rings (SSSR count). The topological polar surface area (TPSA) is 101 Å². The Balaban J connectivity index is 1.86. The van der Waals surface area contributed by atoms with Crippen LogP contribution in [0.4, 0.5) is 16.3 Å². The van der Waals surface area contributed by atoms with Gasteiger partial charge in [0.1, 0.15) is 5.82 Å². The van der Waals surface area contributed by atoms with E-state index in [0.29, 0.717) is 29.3 Å². The van der Waals surface area contributed by atoms with E-state index in [1.807, 2.05) is 30.3 Å². The van der Waals surface area contributed by atoms with Gasteiger partial charge in [0.05, 0.1) is 17.6 Å². The number of nitrogens with zero attached hydrogens (tertiary/aromatic N) is 2. The fourth-order valence-corrected chi connectivity index (χ4v) is 2.34. The summed E-state index contributed by atoms with van der Waals surface area (Å²) in [6.45, 7) is 0. The molecule has 0 aliphatic heterocycles. The van der Waals surface area contributed by atoms with Crippen molar-refractivity contribution >= 4 is 17.6 Å². The van der Waals surface area contributed by atoms with Crippen LogP contribution in [0.1, 0.15) is 11.3 Å². The molecule has 0 aliphatic rings. The quantitative estimate of drug-likeness (QED) is 0.684. The van der Waals surface area contributed by atoms with Gasteiger partial charge >= 0.3 is 6.09 Å². The molecule has 1 amide bonds. The van der Waals surface area contributed by atoms with E-state index in [9.17, 15) is 4.79 Å². The van der Waals surface area contributed by atoms with Crippen molar-refractivity contribution in [1.82, 2.24) is 9.97 Å². The number of carbonyl (C=O) groups is 1. The van der Waals surface area contributed by atoms with E-state index in [-0.39, 0.29) is 0 Å². The summed E-state index contributed by atoms with van der Waals surface area (Å²) < 4.78 is 0. The fraction of sp³-hybridized carbons (Fsp3) is 0.0556. The smallest absolute Gasteiger partial charge is 0.409 e. The molecule has 6 nitrogen and oxygen atoms in total. The highest BCUT2D eigenvalue weighted by Gasteiger charge is 2.08. The Labute approximate surface area is 139 Å². The van der Waals surface area contributed by atoms with Crippen LogP contribution in [-0.4, -0.2) is 21.2 Å². The number of hydrogen-bond acceptors (Lipinski definition) is 4. The maximum Gasteiger partial charge on any atom is 0.409 e. The van der Waals surface area contributed by atoms with Crippen molar-refractivity contribution in [3.05, 3.63) is 72.1 Å². The first-order valence-corrected chi connectivity index (χ1v) is 7.37. The van der Waals surface area contributed by atoms with Crippen LogP contribution >= 0.6 is 0 Å². The Morgan fingerprint density at radius 1 is 1.08 bits per heavy atom. The minimum atomic E-state index is -1.10. The Hall–Kier alpha value is -3.41. The SMILES string of the molecule is Nc1ncc(-c2ccc(NC(=O)O)cc2)nc1Cc1ccccc1.